The number of nitrogens with one attached hydrogen (secondary N) is 1. The third-order valence-electron chi connectivity index (χ3n) is 4.10. The maximum absolute atomic E-state index is 12.3. The van der Waals surface area contributed by atoms with Crippen LogP contribution in [0, 0.1) is 11.8 Å². The lowest BCUT2D eigenvalue weighted by molar-refractivity contribution is 0.168. The summed E-state index contributed by atoms with van der Waals surface area (Å²) in [6.45, 7) is 6.25. The summed E-state index contributed by atoms with van der Waals surface area (Å²) in [6, 6.07) is 5.72. The van der Waals surface area contributed by atoms with Crippen LogP contribution in [0.1, 0.15) is 19.5 Å². The molecule has 0 aliphatic carbocycles. The molecule has 7 heteroatoms. The minimum Gasteiger partial charge on any atom is -0.490 e. The Morgan fingerprint density at radius 2 is 2.38 bits per heavy atom. The number of fused-ring (bicyclic) bond motifs is 1. The number of H-pyrrole nitrogens is 1. The third-order valence-corrected chi connectivity index (χ3v) is 4.10. The molecule has 0 unspecified atom stereocenters. The number of benzene rings is 1. The van der Waals surface area contributed by atoms with Gasteiger partial charge in [0.05, 0.1) is 30.8 Å². The van der Waals surface area contributed by atoms with Gasteiger partial charge < -0.3 is 19.4 Å². The van der Waals surface area contributed by atoms with Gasteiger partial charge in [0.25, 0.3) is 0 Å². The van der Waals surface area contributed by atoms with Crippen LogP contribution in [0.4, 0.5) is 16.2 Å². The molecule has 1 aliphatic heterocycles. The number of imidazole rings is 1. The summed E-state index contributed by atoms with van der Waals surface area (Å²) >= 11 is 0. The van der Waals surface area contributed by atoms with Crippen LogP contribution in [0.25, 0.3) is 0 Å². The molecule has 26 heavy (non-hydrogen) atoms. The number of nitrogens with zero attached hydrogens (tertiary/aromatic N) is 3. The van der Waals surface area contributed by atoms with Crippen LogP contribution in [0.5, 0.6) is 5.75 Å². The molecular weight excluding hydrogens is 332 g/mol. The summed E-state index contributed by atoms with van der Waals surface area (Å²) in [7, 11) is 0. The van der Waals surface area contributed by atoms with E-state index < -0.39 is 6.09 Å². The van der Waals surface area contributed by atoms with Crippen molar-refractivity contribution in [3.63, 3.8) is 0 Å². The monoisotopic (exact) mass is 354 g/mol. The molecule has 136 valence electrons. The van der Waals surface area contributed by atoms with Crippen LogP contribution in [-0.2, 0) is 11.3 Å². The summed E-state index contributed by atoms with van der Waals surface area (Å²) in [5.41, 5.74) is 2.66. The third kappa shape index (κ3) is 3.91. The summed E-state index contributed by atoms with van der Waals surface area (Å²) < 4.78 is 11.0. The molecule has 0 spiro atoms. The van der Waals surface area contributed by atoms with Crippen molar-refractivity contribution >= 4 is 17.5 Å². The molecule has 1 aliphatic rings. The Kier molecular flexibility index (Phi) is 5.64. The van der Waals surface area contributed by atoms with E-state index in [-0.39, 0.29) is 6.61 Å². The average molecular weight is 354 g/mol. The first-order chi connectivity index (χ1) is 12.7. The van der Waals surface area contributed by atoms with Gasteiger partial charge in [-0.05, 0) is 32.0 Å². The van der Waals surface area contributed by atoms with E-state index in [1.807, 2.05) is 31.3 Å². The van der Waals surface area contributed by atoms with Crippen LogP contribution < -0.4 is 14.5 Å². The molecule has 1 amide bonds. The fourth-order valence-corrected chi connectivity index (χ4v) is 2.83. The molecule has 0 radical (unpaired) electrons. The van der Waals surface area contributed by atoms with Crippen LogP contribution in [0.2, 0.25) is 0 Å². The van der Waals surface area contributed by atoms with Crippen molar-refractivity contribution in [3.05, 3.63) is 36.4 Å². The smallest absolute Gasteiger partial charge is 0.415 e. The molecule has 2 aromatic rings. The number of carbonyl (C=O) groups excluding carboxylic acids is 1. The van der Waals surface area contributed by atoms with Gasteiger partial charge in [-0.15, -0.1) is 5.92 Å². The number of carbonyl (C=O) groups is 1. The van der Waals surface area contributed by atoms with Crippen molar-refractivity contribution < 1.29 is 14.3 Å². The molecule has 0 saturated heterocycles. The maximum atomic E-state index is 12.3. The van der Waals surface area contributed by atoms with Gasteiger partial charge in [0.2, 0.25) is 0 Å². The highest BCUT2D eigenvalue weighted by molar-refractivity contribution is 5.89. The Balaban J connectivity index is 1.82. The van der Waals surface area contributed by atoms with Crippen molar-refractivity contribution in [1.29, 1.82) is 0 Å². The molecule has 1 aromatic heterocycles. The van der Waals surface area contributed by atoms with Gasteiger partial charge in [0, 0.05) is 18.4 Å². The topological polar surface area (TPSA) is 70.7 Å². The summed E-state index contributed by atoms with van der Waals surface area (Å²) in [5.74, 6) is 6.25. The largest absolute Gasteiger partial charge is 0.490 e. The van der Waals surface area contributed by atoms with E-state index in [9.17, 15) is 4.79 Å². The van der Waals surface area contributed by atoms with Gasteiger partial charge in [-0.2, -0.15) is 0 Å². The van der Waals surface area contributed by atoms with E-state index in [0.717, 1.165) is 29.4 Å². The van der Waals surface area contributed by atoms with Crippen molar-refractivity contribution in [2.75, 3.05) is 36.1 Å². The minimum atomic E-state index is -0.411. The summed E-state index contributed by atoms with van der Waals surface area (Å²) in [6.07, 6.45) is 3.13. The summed E-state index contributed by atoms with van der Waals surface area (Å²) in [4.78, 5) is 23.4. The molecule has 7 nitrogen and oxygen atoms in total. The number of rotatable bonds is 5. The van der Waals surface area contributed by atoms with Crippen molar-refractivity contribution in [1.82, 2.24) is 9.97 Å². The second kappa shape index (κ2) is 8.30. The first-order valence-electron chi connectivity index (χ1n) is 8.56. The quantitative estimate of drug-likeness (QED) is 0.836. The van der Waals surface area contributed by atoms with Crippen LogP contribution in [0.3, 0.4) is 0 Å². The van der Waals surface area contributed by atoms with Crippen molar-refractivity contribution in [3.8, 4) is 17.6 Å². The standard InChI is InChI=1S/C19H22N4O3/c1-3-5-9-26-19(24)23(4-2)16-6-7-18-17(11-16)22(8-10-25-18)13-15-12-20-14-21-15/h6-7,11-12,14H,4,8-10,13H2,1-2H3,(H,20,21). The summed E-state index contributed by atoms with van der Waals surface area (Å²) in [5, 5.41) is 0. The predicted molar refractivity (Wildman–Crippen MR) is 99.4 cm³/mol. The predicted octanol–water partition coefficient (Wildman–Crippen LogP) is 2.79. The number of amides is 1. The number of hydrogen-bond donors (Lipinski definition) is 1. The zero-order chi connectivity index (χ0) is 18.4. The van der Waals surface area contributed by atoms with E-state index in [2.05, 4.69) is 26.7 Å². The normalized spacial score (nSPS) is 12.5. The lowest BCUT2D eigenvalue weighted by Gasteiger charge is -2.32. The fourth-order valence-electron chi connectivity index (χ4n) is 2.83. The molecule has 0 saturated carbocycles. The van der Waals surface area contributed by atoms with E-state index in [4.69, 9.17) is 9.47 Å². The van der Waals surface area contributed by atoms with Crippen LogP contribution in [0.15, 0.2) is 30.7 Å². The van der Waals surface area contributed by atoms with Gasteiger partial charge in [-0.3, -0.25) is 4.90 Å². The SMILES string of the molecule is CC#CCOC(=O)N(CC)c1ccc2c(c1)N(Cc1c[nH]cn1)CCO2. The molecular formula is C19H22N4O3. The van der Waals surface area contributed by atoms with Gasteiger partial charge >= 0.3 is 6.09 Å². The Labute approximate surface area is 152 Å². The Morgan fingerprint density at radius 1 is 1.50 bits per heavy atom. The first kappa shape index (κ1) is 17.7. The fraction of sp³-hybridized carbons (Fsp3) is 0.368. The average Bonchev–Trinajstić information content (AvgIpc) is 3.16. The highest BCUT2D eigenvalue weighted by Gasteiger charge is 2.22. The Hall–Kier alpha value is -3.14. The molecule has 0 atom stereocenters. The van der Waals surface area contributed by atoms with Gasteiger partial charge in [-0.1, -0.05) is 5.92 Å². The maximum Gasteiger partial charge on any atom is 0.415 e. The van der Waals surface area contributed by atoms with E-state index in [1.165, 1.54) is 0 Å². The van der Waals surface area contributed by atoms with Gasteiger partial charge in [-0.25, -0.2) is 9.78 Å². The molecule has 0 fully saturated rings. The molecule has 3 rings (SSSR count). The zero-order valence-electron chi connectivity index (χ0n) is 15.0. The Morgan fingerprint density at radius 3 is 3.12 bits per heavy atom. The highest BCUT2D eigenvalue weighted by atomic mass is 16.6. The zero-order valence-corrected chi connectivity index (χ0v) is 15.0. The minimum absolute atomic E-state index is 0.0885. The van der Waals surface area contributed by atoms with Crippen LogP contribution >= 0.6 is 0 Å². The molecule has 1 N–H and O–H groups in total. The van der Waals surface area contributed by atoms with Crippen molar-refractivity contribution in [2.24, 2.45) is 0 Å². The molecule has 2 heterocycles. The molecule has 1 aromatic carbocycles. The second-order valence-corrected chi connectivity index (χ2v) is 5.71. The lowest BCUT2D eigenvalue weighted by Crippen LogP contribution is -2.34. The van der Waals surface area contributed by atoms with Gasteiger partial charge in [0.15, 0.2) is 6.61 Å². The number of hydrogen-bond acceptors (Lipinski definition) is 5. The number of aromatic amines is 1. The second-order valence-electron chi connectivity index (χ2n) is 5.71. The highest BCUT2D eigenvalue weighted by Crippen LogP contribution is 2.36. The van der Waals surface area contributed by atoms with E-state index >= 15 is 0 Å². The molecule has 0 bridgehead atoms. The Bertz CT molecular complexity index is 808. The van der Waals surface area contributed by atoms with Gasteiger partial charge in [0.1, 0.15) is 12.4 Å². The number of aromatic nitrogens is 2. The van der Waals surface area contributed by atoms with E-state index in [1.54, 1.807) is 18.2 Å². The number of ether oxygens (including phenoxy) is 2. The number of anilines is 2. The van der Waals surface area contributed by atoms with Crippen molar-refractivity contribution in [2.45, 2.75) is 20.4 Å². The first-order valence-corrected chi connectivity index (χ1v) is 8.56. The van der Waals surface area contributed by atoms with Crippen LogP contribution in [-0.4, -0.2) is 42.4 Å². The lowest BCUT2D eigenvalue weighted by atomic mass is 10.2. The van der Waals surface area contributed by atoms with E-state index in [0.29, 0.717) is 19.7 Å².